The number of hydrogen-bond acceptors (Lipinski definition) is 7. The highest BCUT2D eigenvalue weighted by Gasteiger charge is 2.31. The van der Waals surface area contributed by atoms with Gasteiger partial charge in [0.1, 0.15) is 23.7 Å². The van der Waals surface area contributed by atoms with Crippen LogP contribution in [0.4, 0.5) is 0 Å². The molecule has 2 aliphatic heterocycles. The quantitative estimate of drug-likeness (QED) is 0.434. The van der Waals surface area contributed by atoms with E-state index in [2.05, 4.69) is 4.90 Å². The van der Waals surface area contributed by atoms with Crippen molar-refractivity contribution in [2.24, 2.45) is 5.92 Å². The molecule has 2 heterocycles. The Labute approximate surface area is 175 Å². The van der Waals surface area contributed by atoms with Gasteiger partial charge in [-0.15, -0.1) is 0 Å². The number of fused-ring (bicyclic) bond motifs is 1. The van der Waals surface area contributed by atoms with Gasteiger partial charge in [0.15, 0.2) is 0 Å². The number of morpholine rings is 1. The van der Waals surface area contributed by atoms with Crippen LogP contribution in [0, 0.1) is 12.8 Å². The van der Waals surface area contributed by atoms with Gasteiger partial charge in [-0.25, -0.2) is 4.79 Å². The van der Waals surface area contributed by atoms with E-state index in [1.807, 2.05) is 6.92 Å². The maximum Gasteiger partial charge on any atom is 0.342 e. The van der Waals surface area contributed by atoms with Crippen molar-refractivity contribution in [3.8, 4) is 11.5 Å². The number of phenolic OH excluding ortho intramolecular Hbond substituents is 2. The van der Waals surface area contributed by atoms with Gasteiger partial charge < -0.3 is 24.8 Å². The number of rotatable bonds is 8. The lowest BCUT2D eigenvalue weighted by molar-refractivity contribution is -0.142. The van der Waals surface area contributed by atoms with E-state index in [0.29, 0.717) is 43.7 Å². The van der Waals surface area contributed by atoms with Gasteiger partial charge in [0.25, 0.3) is 0 Å². The van der Waals surface area contributed by atoms with Crippen LogP contribution in [0.15, 0.2) is 11.6 Å². The third kappa shape index (κ3) is 4.76. The number of cyclic esters (lactones) is 1. The van der Waals surface area contributed by atoms with Crippen LogP contribution in [0.1, 0.15) is 46.8 Å². The molecule has 3 N–H and O–H groups in total. The van der Waals surface area contributed by atoms with Crippen molar-refractivity contribution in [2.75, 3.05) is 32.8 Å². The molecule has 1 aromatic carbocycles. The fourth-order valence-corrected chi connectivity index (χ4v) is 3.99. The van der Waals surface area contributed by atoms with Gasteiger partial charge in [-0.1, -0.05) is 11.6 Å². The number of aliphatic carboxylic acids is 1. The predicted molar refractivity (Wildman–Crippen MR) is 109 cm³/mol. The van der Waals surface area contributed by atoms with E-state index in [0.717, 1.165) is 18.7 Å². The Hall–Kier alpha value is -2.58. The van der Waals surface area contributed by atoms with Crippen molar-refractivity contribution < 1.29 is 34.4 Å². The molecule has 30 heavy (non-hydrogen) atoms. The first-order valence-electron chi connectivity index (χ1n) is 10.2. The van der Waals surface area contributed by atoms with Crippen molar-refractivity contribution >= 4 is 11.9 Å². The average molecular weight is 419 g/mol. The Morgan fingerprint density at radius 1 is 1.23 bits per heavy atom. The summed E-state index contributed by atoms with van der Waals surface area (Å²) in [4.78, 5) is 25.8. The number of phenols is 2. The first-order valence-corrected chi connectivity index (χ1v) is 10.2. The van der Waals surface area contributed by atoms with Crippen molar-refractivity contribution in [3.05, 3.63) is 33.9 Å². The number of esters is 1. The first-order chi connectivity index (χ1) is 14.3. The summed E-state index contributed by atoms with van der Waals surface area (Å²) in [7, 11) is 0. The topological polar surface area (TPSA) is 117 Å². The smallest absolute Gasteiger partial charge is 0.342 e. The van der Waals surface area contributed by atoms with E-state index in [1.165, 1.54) is 0 Å². The Morgan fingerprint density at radius 2 is 1.93 bits per heavy atom. The number of carbonyl (C=O) groups excluding carboxylic acids is 1. The molecule has 0 spiro atoms. The summed E-state index contributed by atoms with van der Waals surface area (Å²) < 4.78 is 10.3. The standard InChI is InChI=1S/C22H29NO7/c1-13(11-15(21(26)27)5-6-23-7-9-29-10-8-23)3-4-16-19(24)14(2)17-12-30-22(28)18(17)20(16)25/h3,15,24-25H,4-12H2,1-2H3,(H,26,27)/b13-3+. The summed E-state index contributed by atoms with van der Waals surface area (Å²) in [5.41, 5.74) is 2.24. The zero-order valence-electron chi connectivity index (χ0n) is 17.4. The lowest BCUT2D eigenvalue weighted by Crippen LogP contribution is -2.38. The summed E-state index contributed by atoms with van der Waals surface area (Å²) in [5.74, 6) is -2.26. The first kappa shape index (κ1) is 22.1. The Bertz CT molecular complexity index is 856. The largest absolute Gasteiger partial charge is 0.507 e. The number of nitrogens with zero attached hydrogens (tertiary/aromatic N) is 1. The zero-order chi connectivity index (χ0) is 21.8. The van der Waals surface area contributed by atoms with Crippen LogP contribution in [0.25, 0.3) is 0 Å². The van der Waals surface area contributed by atoms with Crippen LogP contribution in [-0.2, 0) is 27.3 Å². The third-order valence-corrected chi connectivity index (χ3v) is 5.94. The molecule has 1 unspecified atom stereocenters. The molecule has 0 radical (unpaired) electrons. The number of allylic oxidation sites excluding steroid dienone is 2. The molecule has 0 aliphatic carbocycles. The van der Waals surface area contributed by atoms with Crippen LogP contribution >= 0.6 is 0 Å². The van der Waals surface area contributed by atoms with Crippen molar-refractivity contribution in [2.45, 2.75) is 39.7 Å². The maximum absolute atomic E-state index is 11.9. The third-order valence-electron chi connectivity index (χ3n) is 5.94. The highest BCUT2D eigenvalue weighted by atomic mass is 16.5. The molecule has 2 aliphatic rings. The minimum Gasteiger partial charge on any atom is -0.507 e. The van der Waals surface area contributed by atoms with Crippen LogP contribution in [0.5, 0.6) is 11.5 Å². The van der Waals surface area contributed by atoms with E-state index < -0.39 is 17.9 Å². The van der Waals surface area contributed by atoms with Gasteiger partial charge in [-0.3, -0.25) is 9.69 Å². The molecule has 1 aromatic rings. The molecule has 8 heteroatoms. The molecule has 1 fully saturated rings. The highest BCUT2D eigenvalue weighted by Crippen LogP contribution is 2.41. The summed E-state index contributed by atoms with van der Waals surface area (Å²) in [6.45, 7) is 7.27. The zero-order valence-corrected chi connectivity index (χ0v) is 17.4. The number of aromatic hydroxyl groups is 2. The van der Waals surface area contributed by atoms with Crippen LogP contribution in [-0.4, -0.2) is 65.0 Å². The maximum atomic E-state index is 11.9. The van der Waals surface area contributed by atoms with E-state index in [9.17, 15) is 24.9 Å². The highest BCUT2D eigenvalue weighted by molar-refractivity contribution is 5.98. The molecule has 0 bridgehead atoms. The lowest BCUT2D eigenvalue weighted by atomic mass is 9.93. The predicted octanol–water partition coefficient (Wildman–Crippen LogP) is 2.38. The molecule has 1 atom stereocenters. The second-order valence-electron chi connectivity index (χ2n) is 7.97. The molecule has 0 aromatic heterocycles. The van der Waals surface area contributed by atoms with Gasteiger partial charge in [0, 0.05) is 24.2 Å². The second kappa shape index (κ2) is 9.49. The summed E-state index contributed by atoms with van der Waals surface area (Å²) in [6.07, 6.45) is 2.92. The molecular weight excluding hydrogens is 390 g/mol. The SMILES string of the molecule is C/C(=C\Cc1c(O)c(C)c2c(c1O)C(=O)OC2)CC(CCN1CCOCC1)C(=O)O. The number of benzene rings is 1. The monoisotopic (exact) mass is 419 g/mol. The fraction of sp³-hybridized carbons (Fsp3) is 0.545. The summed E-state index contributed by atoms with van der Waals surface area (Å²) >= 11 is 0. The average Bonchev–Trinajstić information content (AvgIpc) is 3.11. The van der Waals surface area contributed by atoms with Crippen LogP contribution in [0.2, 0.25) is 0 Å². The van der Waals surface area contributed by atoms with Crippen molar-refractivity contribution in [1.29, 1.82) is 0 Å². The van der Waals surface area contributed by atoms with Gasteiger partial charge in [-0.05, 0) is 45.2 Å². The lowest BCUT2D eigenvalue weighted by Gasteiger charge is -2.27. The molecule has 164 valence electrons. The van der Waals surface area contributed by atoms with Crippen molar-refractivity contribution in [1.82, 2.24) is 4.90 Å². The number of carboxylic acid groups (broad SMARTS) is 1. The van der Waals surface area contributed by atoms with Crippen LogP contribution < -0.4 is 0 Å². The second-order valence-corrected chi connectivity index (χ2v) is 7.97. The molecule has 0 amide bonds. The number of ether oxygens (including phenoxy) is 2. The Morgan fingerprint density at radius 3 is 2.60 bits per heavy atom. The summed E-state index contributed by atoms with van der Waals surface area (Å²) in [5, 5.41) is 30.6. The van der Waals surface area contributed by atoms with E-state index in [1.54, 1.807) is 13.0 Å². The van der Waals surface area contributed by atoms with E-state index in [-0.39, 0.29) is 35.7 Å². The fourth-order valence-electron chi connectivity index (χ4n) is 3.99. The molecule has 3 rings (SSSR count). The minimum atomic E-state index is -0.835. The number of carbonyl (C=O) groups is 2. The van der Waals surface area contributed by atoms with Gasteiger partial charge >= 0.3 is 11.9 Å². The molecule has 8 nitrogen and oxygen atoms in total. The normalized spacial score (nSPS) is 18.2. The Kier molecular flexibility index (Phi) is 6.99. The Balaban J connectivity index is 1.68. The van der Waals surface area contributed by atoms with Crippen LogP contribution in [0.3, 0.4) is 0 Å². The molecule has 1 saturated heterocycles. The van der Waals surface area contributed by atoms with E-state index >= 15 is 0 Å². The number of hydrogen-bond donors (Lipinski definition) is 3. The number of carboxylic acids is 1. The van der Waals surface area contributed by atoms with Gasteiger partial charge in [-0.2, -0.15) is 0 Å². The van der Waals surface area contributed by atoms with E-state index in [4.69, 9.17) is 9.47 Å². The van der Waals surface area contributed by atoms with Crippen molar-refractivity contribution in [3.63, 3.8) is 0 Å². The minimum absolute atomic E-state index is 0.0414. The van der Waals surface area contributed by atoms with Gasteiger partial charge in [0.05, 0.1) is 19.1 Å². The molecule has 0 saturated carbocycles. The van der Waals surface area contributed by atoms with Gasteiger partial charge in [0.2, 0.25) is 0 Å². The summed E-state index contributed by atoms with van der Waals surface area (Å²) in [6, 6.07) is 0. The molecular formula is C22H29NO7.